The Morgan fingerprint density at radius 1 is 1.60 bits per heavy atom. The fourth-order valence-corrected chi connectivity index (χ4v) is 2.27. The molecule has 1 unspecified atom stereocenters. The number of carbonyl (C=O) groups is 1. The summed E-state index contributed by atoms with van der Waals surface area (Å²) in [6, 6.07) is 0. The van der Waals surface area contributed by atoms with Crippen molar-refractivity contribution in [2.24, 2.45) is 0 Å². The van der Waals surface area contributed by atoms with E-state index in [1.807, 2.05) is 4.40 Å². The number of methoxy groups -OCH3 is 1. The van der Waals surface area contributed by atoms with Gasteiger partial charge >= 0.3 is 5.97 Å². The molecule has 106 valence electrons. The van der Waals surface area contributed by atoms with Crippen LogP contribution in [0, 0.1) is 0 Å². The average molecular weight is 277 g/mol. The van der Waals surface area contributed by atoms with E-state index < -0.39 is 0 Å². The van der Waals surface area contributed by atoms with Crippen molar-refractivity contribution in [1.82, 2.24) is 19.6 Å². The second-order valence-corrected chi connectivity index (χ2v) is 4.53. The molecule has 1 aliphatic heterocycles. The molecule has 8 heteroatoms. The highest BCUT2D eigenvalue weighted by Gasteiger charge is 2.25. The number of carbonyl (C=O) groups excluding carboxylic acids is 1. The monoisotopic (exact) mass is 277 g/mol. The minimum Gasteiger partial charge on any atom is -0.469 e. The maximum Gasteiger partial charge on any atom is 0.308 e. The molecule has 1 aliphatic rings. The SMILES string of the molecule is COC(=O)CC1CN(c2nccn3cnnc23)CCO1. The van der Waals surface area contributed by atoms with Gasteiger partial charge in [0.1, 0.15) is 6.33 Å². The van der Waals surface area contributed by atoms with E-state index >= 15 is 0 Å². The number of rotatable bonds is 3. The van der Waals surface area contributed by atoms with Crippen LogP contribution in [0.4, 0.5) is 5.82 Å². The number of fused-ring (bicyclic) bond motifs is 1. The first-order valence-electron chi connectivity index (χ1n) is 6.35. The van der Waals surface area contributed by atoms with Gasteiger partial charge in [0.25, 0.3) is 0 Å². The lowest BCUT2D eigenvalue weighted by molar-refractivity contribution is -0.144. The van der Waals surface area contributed by atoms with E-state index in [1.165, 1.54) is 7.11 Å². The zero-order chi connectivity index (χ0) is 13.9. The second kappa shape index (κ2) is 5.41. The van der Waals surface area contributed by atoms with Crippen LogP contribution in [0.25, 0.3) is 5.65 Å². The molecule has 0 N–H and O–H groups in total. The van der Waals surface area contributed by atoms with Crippen LogP contribution in [0.2, 0.25) is 0 Å². The van der Waals surface area contributed by atoms with E-state index in [-0.39, 0.29) is 18.5 Å². The third kappa shape index (κ3) is 2.42. The molecule has 1 atom stereocenters. The Kier molecular flexibility index (Phi) is 3.46. The minimum absolute atomic E-state index is 0.193. The van der Waals surface area contributed by atoms with Gasteiger partial charge in [0.15, 0.2) is 5.82 Å². The highest BCUT2D eigenvalue weighted by molar-refractivity contribution is 5.70. The van der Waals surface area contributed by atoms with Crippen molar-refractivity contribution in [3.63, 3.8) is 0 Å². The highest BCUT2D eigenvalue weighted by Crippen LogP contribution is 2.20. The maximum atomic E-state index is 11.3. The summed E-state index contributed by atoms with van der Waals surface area (Å²) in [4.78, 5) is 17.8. The van der Waals surface area contributed by atoms with Gasteiger partial charge < -0.3 is 14.4 Å². The fraction of sp³-hybridized carbons (Fsp3) is 0.500. The minimum atomic E-state index is -0.273. The Labute approximate surface area is 115 Å². The largest absolute Gasteiger partial charge is 0.469 e. The normalized spacial score (nSPS) is 19.2. The summed E-state index contributed by atoms with van der Waals surface area (Å²) in [7, 11) is 1.38. The zero-order valence-corrected chi connectivity index (χ0v) is 11.1. The predicted octanol–water partition coefficient (Wildman–Crippen LogP) is -0.107. The average Bonchev–Trinajstić information content (AvgIpc) is 2.95. The summed E-state index contributed by atoms with van der Waals surface area (Å²) in [6.07, 6.45) is 5.18. The van der Waals surface area contributed by atoms with Crippen molar-refractivity contribution < 1.29 is 14.3 Å². The maximum absolute atomic E-state index is 11.3. The molecule has 2 aromatic heterocycles. The first-order chi connectivity index (χ1) is 9.78. The molecule has 20 heavy (non-hydrogen) atoms. The van der Waals surface area contributed by atoms with Gasteiger partial charge in [-0.05, 0) is 0 Å². The summed E-state index contributed by atoms with van der Waals surface area (Å²) < 4.78 is 12.1. The molecular weight excluding hydrogens is 262 g/mol. The van der Waals surface area contributed by atoms with E-state index in [2.05, 4.69) is 24.8 Å². The summed E-state index contributed by atoms with van der Waals surface area (Å²) in [5, 5.41) is 7.95. The predicted molar refractivity (Wildman–Crippen MR) is 69.4 cm³/mol. The topological polar surface area (TPSA) is 81.9 Å². The Balaban J connectivity index is 1.79. The Bertz CT molecular complexity index is 614. The number of anilines is 1. The van der Waals surface area contributed by atoms with Crippen molar-refractivity contribution in [3.05, 3.63) is 18.7 Å². The smallest absolute Gasteiger partial charge is 0.308 e. The Morgan fingerprint density at radius 2 is 2.50 bits per heavy atom. The fourth-order valence-electron chi connectivity index (χ4n) is 2.27. The van der Waals surface area contributed by atoms with Gasteiger partial charge in [-0.3, -0.25) is 9.20 Å². The molecule has 0 amide bonds. The van der Waals surface area contributed by atoms with Crippen LogP contribution in [-0.2, 0) is 14.3 Å². The van der Waals surface area contributed by atoms with Crippen LogP contribution in [0.1, 0.15) is 6.42 Å². The van der Waals surface area contributed by atoms with Crippen LogP contribution in [-0.4, -0.2) is 58.5 Å². The van der Waals surface area contributed by atoms with E-state index in [1.54, 1.807) is 18.7 Å². The van der Waals surface area contributed by atoms with Crippen LogP contribution in [0.5, 0.6) is 0 Å². The molecule has 8 nitrogen and oxygen atoms in total. The van der Waals surface area contributed by atoms with Crippen LogP contribution < -0.4 is 4.90 Å². The van der Waals surface area contributed by atoms with Gasteiger partial charge in [0.2, 0.25) is 5.65 Å². The summed E-state index contributed by atoms with van der Waals surface area (Å²) in [6.45, 7) is 1.82. The molecule has 3 rings (SSSR count). The third-order valence-corrected chi connectivity index (χ3v) is 3.26. The van der Waals surface area contributed by atoms with Gasteiger partial charge in [-0.1, -0.05) is 0 Å². The van der Waals surface area contributed by atoms with Crippen molar-refractivity contribution in [2.45, 2.75) is 12.5 Å². The molecule has 0 bridgehead atoms. The lowest BCUT2D eigenvalue weighted by atomic mass is 10.2. The summed E-state index contributed by atoms with van der Waals surface area (Å²) >= 11 is 0. The zero-order valence-electron chi connectivity index (χ0n) is 11.1. The second-order valence-electron chi connectivity index (χ2n) is 4.53. The number of morpholine rings is 1. The molecular formula is C12H15N5O3. The molecule has 0 aliphatic carbocycles. The first kappa shape index (κ1) is 12.8. The van der Waals surface area contributed by atoms with Crippen molar-refractivity contribution >= 4 is 17.4 Å². The van der Waals surface area contributed by atoms with E-state index in [9.17, 15) is 4.79 Å². The molecule has 3 heterocycles. The lowest BCUT2D eigenvalue weighted by Gasteiger charge is -2.33. The number of nitrogens with zero attached hydrogens (tertiary/aromatic N) is 5. The first-order valence-corrected chi connectivity index (χ1v) is 6.35. The van der Waals surface area contributed by atoms with Crippen LogP contribution >= 0.6 is 0 Å². The number of aromatic nitrogens is 4. The van der Waals surface area contributed by atoms with E-state index in [0.29, 0.717) is 25.3 Å². The van der Waals surface area contributed by atoms with Gasteiger partial charge in [0.05, 0.1) is 26.2 Å². The summed E-state index contributed by atoms with van der Waals surface area (Å²) in [5.41, 5.74) is 0.700. The van der Waals surface area contributed by atoms with Gasteiger partial charge in [-0.25, -0.2) is 4.98 Å². The van der Waals surface area contributed by atoms with Crippen molar-refractivity contribution in [3.8, 4) is 0 Å². The quantitative estimate of drug-likeness (QED) is 0.724. The van der Waals surface area contributed by atoms with Crippen LogP contribution in [0.3, 0.4) is 0 Å². The molecule has 0 radical (unpaired) electrons. The molecule has 2 aromatic rings. The van der Waals surface area contributed by atoms with Crippen LogP contribution in [0.15, 0.2) is 18.7 Å². The van der Waals surface area contributed by atoms with E-state index in [4.69, 9.17) is 4.74 Å². The molecule has 1 saturated heterocycles. The Hall–Kier alpha value is -2.22. The highest BCUT2D eigenvalue weighted by atomic mass is 16.5. The van der Waals surface area contributed by atoms with Gasteiger partial charge in [-0.15, -0.1) is 10.2 Å². The number of hydrogen-bond donors (Lipinski definition) is 0. The molecule has 0 spiro atoms. The number of ether oxygens (including phenoxy) is 2. The van der Waals surface area contributed by atoms with Gasteiger partial charge in [-0.2, -0.15) is 0 Å². The van der Waals surface area contributed by atoms with Crippen molar-refractivity contribution in [2.75, 3.05) is 31.7 Å². The van der Waals surface area contributed by atoms with Gasteiger partial charge in [0, 0.05) is 25.5 Å². The summed E-state index contributed by atoms with van der Waals surface area (Å²) in [5.74, 6) is 0.480. The lowest BCUT2D eigenvalue weighted by Crippen LogP contribution is -2.44. The number of hydrogen-bond acceptors (Lipinski definition) is 7. The third-order valence-electron chi connectivity index (χ3n) is 3.26. The Morgan fingerprint density at radius 3 is 3.35 bits per heavy atom. The van der Waals surface area contributed by atoms with Crippen molar-refractivity contribution in [1.29, 1.82) is 0 Å². The standard InChI is InChI=1S/C12H15N5O3/c1-19-10(18)6-9-7-16(4-5-20-9)11-12-15-14-8-17(12)3-2-13-11/h2-3,8-9H,4-7H2,1H3. The molecule has 0 aromatic carbocycles. The number of esters is 1. The molecule has 1 fully saturated rings. The molecule has 0 saturated carbocycles. The van der Waals surface area contributed by atoms with E-state index in [0.717, 1.165) is 5.82 Å².